The third kappa shape index (κ3) is 2.89. The standard InChI is InChI=1S/C19H19N3O2S/c1-12-3-2-4-16-15(12)5-6-18(16)22-19-13(10-20)9-14-11-25(23,24)8-7-17(14)21-19/h2-4,9,18H,5-8,11H2,1H3,(H,21,22). The Hall–Kier alpha value is -2.39. The number of hydrogen-bond donors (Lipinski definition) is 1. The van der Waals surface area contributed by atoms with Gasteiger partial charge in [-0.25, -0.2) is 13.4 Å². The molecule has 0 bridgehead atoms. The minimum absolute atomic E-state index is 0.0181. The highest BCUT2D eigenvalue weighted by molar-refractivity contribution is 7.90. The normalized spacial score (nSPS) is 20.4. The van der Waals surface area contributed by atoms with Crippen molar-refractivity contribution in [1.29, 1.82) is 5.26 Å². The number of rotatable bonds is 2. The van der Waals surface area contributed by atoms with Crippen molar-refractivity contribution in [3.05, 3.63) is 57.8 Å². The smallest absolute Gasteiger partial charge is 0.154 e. The van der Waals surface area contributed by atoms with Crippen molar-refractivity contribution in [2.45, 2.75) is 38.0 Å². The van der Waals surface area contributed by atoms with Gasteiger partial charge in [-0.2, -0.15) is 5.26 Å². The largest absolute Gasteiger partial charge is 0.362 e. The second-order valence-corrected chi connectivity index (χ2v) is 9.01. The molecule has 0 saturated heterocycles. The molecule has 4 rings (SSSR count). The molecule has 0 saturated carbocycles. The molecular weight excluding hydrogens is 334 g/mol. The van der Waals surface area contributed by atoms with Crippen molar-refractivity contribution in [2.24, 2.45) is 0 Å². The number of pyridine rings is 1. The van der Waals surface area contributed by atoms with E-state index in [1.165, 1.54) is 16.7 Å². The van der Waals surface area contributed by atoms with Crippen LogP contribution >= 0.6 is 0 Å². The lowest BCUT2D eigenvalue weighted by Crippen LogP contribution is -2.21. The molecule has 1 unspecified atom stereocenters. The molecule has 2 heterocycles. The van der Waals surface area contributed by atoms with Gasteiger partial charge in [0.25, 0.3) is 0 Å². The molecule has 1 aromatic heterocycles. The minimum Gasteiger partial charge on any atom is -0.362 e. The van der Waals surface area contributed by atoms with Crippen molar-refractivity contribution in [3.8, 4) is 6.07 Å². The van der Waals surface area contributed by atoms with E-state index in [2.05, 4.69) is 41.5 Å². The molecular formula is C19H19N3O2S. The zero-order valence-electron chi connectivity index (χ0n) is 14.0. The van der Waals surface area contributed by atoms with Crippen molar-refractivity contribution in [1.82, 2.24) is 4.98 Å². The fourth-order valence-corrected chi connectivity index (χ4v) is 5.22. The fourth-order valence-electron chi connectivity index (χ4n) is 3.84. The van der Waals surface area contributed by atoms with E-state index < -0.39 is 9.84 Å². The fraction of sp³-hybridized carbons (Fsp3) is 0.368. The van der Waals surface area contributed by atoms with Crippen LogP contribution in [0.15, 0.2) is 24.3 Å². The molecule has 2 aromatic rings. The molecule has 0 amide bonds. The maximum absolute atomic E-state index is 11.8. The number of aryl methyl sites for hydroxylation is 2. The van der Waals surface area contributed by atoms with Gasteiger partial charge in [-0.3, -0.25) is 0 Å². The number of nitrogens with zero attached hydrogens (tertiary/aromatic N) is 2. The van der Waals surface area contributed by atoms with Crippen molar-refractivity contribution < 1.29 is 8.42 Å². The van der Waals surface area contributed by atoms with Crippen LogP contribution < -0.4 is 5.32 Å². The summed E-state index contributed by atoms with van der Waals surface area (Å²) in [6.07, 6.45) is 2.40. The summed E-state index contributed by atoms with van der Waals surface area (Å²) in [6.45, 7) is 2.12. The predicted octanol–water partition coefficient (Wildman–Crippen LogP) is 2.83. The van der Waals surface area contributed by atoms with Crippen LogP contribution in [-0.2, 0) is 28.4 Å². The number of aromatic nitrogens is 1. The van der Waals surface area contributed by atoms with Gasteiger partial charge in [0.15, 0.2) is 9.84 Å². The lowest BCUT2D eigenvalue weighted by molar-refractivity contribution is 0.590. The Morgan fingerprint density at radius 3 is 2.96 bits per heavy atom. The summed E-state index contributed by atoms with van der Waals surface area (Å²) in [4.78, 5) is 4.61. The molecule has 128 valence electrons. The highest BCUT2D eigenvalue weighted by Crippen LogP contribution is 2.36. The third-order valence-electron chi connectivity index (χ3n) is 5.15. The van der Waals surface area contributed by atoms with Crippen LogP contribution in [0.3, 0.4) is 0 Å². The zero-order chi connectivity index (χ0) is 17.6. The second-order valence-electron chi connectivity index (χ2n) is 6.82. The Balaban J connectivity index is 1.69. The number of nitrogens with one attached hydrogen (secondary N) is 1. The Morgan fingerprint density at radius 1 is 1.32 bits per heavy atom. The molecule has 1 aromatic carbocycles. The van der Waals surface area contributed by atoms with Gasteiger partial charge in [-0.05, 0) is 48.1 Å². The van der Waals surface area contributed by atoms with Crippen LogP contribution in [-0.4, -0.2) is 19.2 Å². The van der Waals surface area contributed by atoms with Gasteiger partial charge in [0, 0.05) is 12.1 Å². The van der Waals surface area contributed by atoms with Gasteiger partial charge < -0.3 is 5.32 Å². The molecule has 0 fully saturated rings. The van der Waals surface area contributed by atoms with Crippen molar-refractivity contribution in [2.75, 3.05) is 11.1 Å². The summed E-state index contributed by atoms with van der Waals surface area (Å²) in [7, 11) is -3.07. The molecule has 6 heteroatoms. The topological polar surface area (TPSA) is 82.8 Å². The summed E-state index contributed by atoms with van der Waals surface area (Å²) in [6, 6.07) is 10.3. The first-order valence-electron chi connectivity index (χ1n) is 8.45. The molecule has 1 atom stereocenters. The molecule has 1 aliphatic heterocycles. The van der Waals surface area contributed by atoms with E-state index in [1.807, 2.05) is 0 Å². The van der Waals surface area contributed by atoms with Gasteiger partial charge in [0.1, 0.15) is 11.9 Å². The molecule has 2 aliphatic rings. The monoisotopic (exact) mass is 353 g/mol. The van der Waals surface area contributed by atoms with Crippen LogP contribution in [0.2, 0.25) is 0 Å². The van der Waals surface area contributed by atoms with Crippen LogP contribution in [0.5, 0.6) is 0 Å². The number of sulfone groups is 1. The van der Waals surface area contributed by atoms with Crippen LogP contribution in [0, 0.1) is 18.3 Å². The number of nitriles is 1. The summed E-state index contributed by atoms with van der Waals surface area (Å²) in [5.74, 6) is 0.680. The Bertz CT molecular complexity index is 1010. The Morgan fingerprint density at radius 2 is 2.16 bits per heavy atom. The molecule has 1 aliphatic carbocycles. The van der Waals surface area contributed by atoms with E-state index in [0.29, 0.717) is 23.4 Å². The highest BCUT2D eigenvalue weighted by atomic mass is 32.2. The first-order chi connectivity index (χ1) is 12.0. The molecule has 25 heavy (non-hydrogen) atoms. The molecule has 0 spiro atoms. The van der Waals surface area contributed by atoms with Gasteiger partial charge in [0.2, 0.25) is 0 Å². The van der Waals surface area contributed by atoms with Gasteiger partial charge in [-0.1, -0.05) is 18.2 Å². The van der Waals surface area contributed by atoms with E-state index >= 15 is 0 Å². The quantitative estimate of drug-likeness (QED) is 0.898. The first kappa shape index (κ1) is 16.1. The maximum atomic E-state index is 11.8. The Kier molecular flexibility index (Phi) is 3.77. The Labute approximate surface area is 147 Å². The van der Waals surface area contributed by atoms with Gasteiger partial charge >= 0.3 is 0 Å². The van der Waals surface area contributed by atoms with Crippen LogP contribution in [0.1, 0.15) is 46.0 Å². The summed E-state index contributed by atoms with van der Waals surface area (Å²) >= 11 is 0. The average Bonchev–Trinajstić information content (AvgIpc) is 2.98. The number of hydrogen-bond acceptors (Lipinski definition) is 5. The maximum Gasteiger partial charge on any atom is 0.154 e. The van der Waals surface area contributed by atoms with Crippen molar-refractivity contribution in [3.63, 3.8) is 0 Å². The van der Waals surface area contributed by atoms with Crippen LogP contribution in [0.4, 0.5) is 5.82 Å². The summed E-state index contributed by atoms with van der Waals surface area (Å²) in [5, 5.41) is 12.9. The van der Waals surface area contributed by atoms with E-state index in [9.17, 15) is 13.7 Å². The average molecular weight is 353 g/mol. The highest BCUT2D eigenvalue weighted by Gasteiger charge is 2.27. The van der Waals surface area contributed by atoms with E-state index in [-0.39, 0.29) is 17.5 Å². The van der Waals surface area contributed by atoms with E-state index in [1.54, 1.807) is 6.07 Å². The molecule has 0 radical (unpaired) electrons. The molecule has 5 nitrogen and oxygen atoms in total. The summed E-state index contributed by atoms with van der Waals surface area (Å²) in [5.41, 5.74) is 5.81. The summed E-state index contributed by atoms with van der Waals surface area (Å²) < 4.78 is 23.6. The SMILES string of the molecule is Cc1cccc2c1CCC2Nc1nc2c(cc1C#N)CS(=O)(=O)CC2. The van der Waals surface area contributed by atoms with E-state index in [4.69, 9.17) is 0 Å². The number of anilines is 1. The zero-order valence-corrected chi connectivity index (χ0v) is 14.9. The van der Waals surface area contributed by atoms with E-state index in [0.717, 1.165) is 18.5 Å². The minimum atomic E-state index is -3.07. The van der Waals surface area contributed by atoms with Gasteiger partial charge in [0.05, 0.1) is 23.1 Å². The lowest BCUT2D eigenvalue weighted by atomic mass is 10.0. The second kappa shape index (κ2) is 5.85. The number of benzene rings is 1. The first-order valence-corrected chi connectivity index (χ1v) is 10.3. The van der Waals surface area contributed by atoms with Crippen molar-refractivity contribution >= 4 is 15.7 Å². The lowest BCUT2D eigenvalue weighted by Gasteiger charge is -2.20. The van der Waals surface area contributed by atoms with Crippen LogP contribution in [0.25, 0.3) is 0 Å². The predicted molar refractivity (Wildman–Crippen MR) is 96.0 cm³/mol. The number of fused-ring (bicyclic) bond motifs is 2. The molecule has 1 N–H and O–H groups in total. The van der Waals surface area contributed by atoms with Gasteiger partial charge in [-0.15, -0.1) is 0 Å². The third-order valence-corrected chi connectivity index (χ3v) is 6.73.